The maximum Gasteiger partial charge on any atom is 0.0636 e. The van der Waals surface area contributed by atoms with Gasteiger partial charge in [0, 0.05) is 0 Å². The highest BCUT2D eigenvalue weighted by Crippen LogP contribution is 2.27. The summed E-state index contributed by atoms with van der Waals surface area (Å²) >= 11 is 0. The van der Waals surface area contributed by atoms with Crippen molar-refractivity contribution in [2.45, 2.75) is 12.3 Å². The number of allylic oxidation sites excluding steroid dienone is 2. The zero-order valence-corrected chi connectivity index (χ0v) is 14.6. The third-order valence-electron chi connectivity index (χ3n) is 4.88. The van der Waals surface area contributed by atoms with Crippen molar-refractivity contribution < 1.29 is 0 Å². The third-order valence-corrected chi connectivity index (χ3v) is 4.88. The van der Waals surface area contributed by atoms with Crippen LogP contribution in [0.15, 0.2) is 97.1 Å². The van der Waals surface area contributed by atoms with E-state index in [0.717, 1.165) is 6.42 Å². The Bertz CT molecular complexity index is 1110. The average molecular weight is 332 g/mol. The maximum atomic E-state index is 5.86. The molecule has 0 aliphatic carbocycles. The van der Waals surface area contributed by atoms with Crippen molar-refractivity contribution in [3.63, 3.8) is 0 Å². The van der Waals surface area contributed by atoms with Crippen molar-refractivity contribution in [1.29, 1.82) is 0 Å². The molecule has 0 fully saturated rings. The predicted octanol–water partition coefficient (Wildman–Crippen LogP) is 6.51. The van der Waals surface area contributed by atoms with Gasteiger partial charge in [-0.3, -0.25) is 0 Å². The Kier molecular flexibility index (Phi) is 4.54. The fraction of sp³-hybridized carbons (Fsp3) is 0.0769. The van der Waals surface area contributed by atoms with Gasteiger partial charge in [-0.05, 0) is 39.1 Å². The minimum Gasteiger partial charge on any atom is -0.119 e. The fourth-order valence-electron chi connectivity index (χ4n) is 3.57. The molecule has 0 aromatic heterocycles. The summed E-state index contributed by atoms with van der Waals surface area (Å²) in [6.45, 7) is 0. The Morgan fingerprint density at radius 2 is 1.35 bits per heavy atom. The van der Waals surface area contributed by atoms with Crippen LogP contribution in [0.2, 0.25) is 0 Å². The zero-order chi connectivity index (χ0) is 17.8. The van der Waals surface area contributed by atoms with Crippen molar-refractivity contribution in [3.8, 4) is 12.3 Å². The molecule has 0 heterocycles. The fourth-order valence-corrected chi connectivity index (χ4v) is 3.57. The van der Waals surface area contributed by atoms with Crippen LogP contribution < -0.4 is 0 Å². The Balaban J connectivity index is 1.63. The molecule has 124 valence electrons. The topological polar surface area (TPSA) is 0 Å². The van der Waals surface area contributed by atoms with Crippen LogP contribution in [0, 0.1) is 12.3 Å². The first kappa shape index (κ1) is 16.2. The highest BCUT2D eigenvalue weighted by molar-refractivity contribution is 5.87. The molecule has 4 aromatic carbocycles. The summed E-state index contributed by atoms with van der Waals surface area (Å²) < 4.78 is 0. The second-order valence-corrected chi connectivity index (χ2v) is 6.48. The molecule has 0 aliphatic heterocycles. The molecule has 0 amide bonds. The highest BCUT2D eigenvalue weighted by atomic mass is 14.1. The summed E-state index contributed by atoms with van der Waals surface area (Å²) in [5, 5.41) is 5.04. The van der Waals surface area contributed by atoms with E-state index in [9.17, 15) is 0 Å². The van der Waals surface area contributed by atoms with E-state index >= 15 is 0 Å². The van der Waals surface area contributed by atoms with Crippen LogP contribution in [0.1, 0.15) is 17.0 Å². The molecule has 1 atom stereocenters. The molecule has 0 aliphatic rings. The maximum absolute atomic E-state index is 5.86. The lowest BCUT2D eigenvalue weighted by Gasteiger charge is -2.10. The van der Waals surface area contributed by atoms with Crippen molar-refractivity contribution in [1.82, 2.24) is 0 Å². The molecule has 0 spiro atoms. The van der Waals surface area contributed by atoms with E-state index in [1.54, 1.807) is 0 Å². The molecular formula is C26H20. The van der Waals surface area contributed by atoms with Crippen molar-refractivity contribution in [2.75, 3.05) is 0 Å². The molecule has 26 heavy (non-hydrogen) atoms. The second kappa shape index (κ2) is 7.30. The van der Waals surface area contributed by atoms with E-state index < -0.39 is 0 Å². The number of rotatable bonds is 4. The van der Waals surface area contributed by atoms with Gasteiger partial charge in [0.15, 0.2) is 0 Å². The molecule has 0 saturated carbocycles. The summed E-state index contributed by atoms with van der Waals surface area (Å²) in [7, 11) is 0. The van der Waals surface area contributed by atoms with Gasteiger partial charge in [0.1, 0.15) is 0 Å². The normalized spacial score (nSPS) is 12.4. The van der Waals surface area contributed by atoms with Gasteiger partial charge < -0.3 is 0 Å². The van der Waals surface area contributed by atoms with Gasteiger partial charge in [0.05, 0.1) is 5.92 Å². The lowest BCUT2D eigenvalue weighted by Crippen LogP contribution is -1.94. The molecule has 4 rings (SSSR count). The Morgan fingerprint density at radius 3 is 2.12 bits per heavy atom. The Labute approximate surface area is 154 Å². The van der Waals surface area contributed by atoms with Gasteiger partial charge in [-0.2, -0.15) is 0 Å². The average Bonchev–Trinajstić information content (AvgIpc) is 2.71. The molecule has 1 unspecified atom stereocenters. The van der Waals surface area contributed by atoms with Crippen LogP contribution in [-0.2, 0) is 6.42 Å². The van der Waals surface area contributed by atoms with E-state index in [1.807, 2.05) is 0 Å². The number of hydrogen-bond donors (Lipinski definition) is 0. The first-order valence-corrected chi connectivity index (χ1v) is 8.94. The lowest BCUT2D eigenvalue weighted by molar-refractivity contribution is 1.12. The molecule has 0 bridgehead atoms. The van der Waals surface area contributed by atoms with Crippen LogP contribution in [0.3, 0.4) is 0 Å². The largest absolute Gasteiger partial charge is 0.119 e. The summed E-state index contributed by atoms with van der Waals surface area (Å²) in [5.74, 6) is 2.93. The molecule has 0 heteroatoms. The van der Waals surface area contributed by atoms with Crippen LogP contribution in [0.25, 0.3) is 21.5 Å². The van der Waals surface area contributed by atoms with E-state index in [-0.39, 0.29) is 5.92 Å². The van der Waals surface area contributed by atoms with Gasteiger partial charge in [-0.25, -0.2) is 0 Å². The third kappa shape index (κ3) is 3.13. The van der Waals surface area contributed by atoms with E-state index in [1.165, 1.54) is 32.7 Å². The van der Waals surface area contributed by atoms with Crippen LogP contribution in [0.5, 0.6) is 0 Å². The standard InChI is InChI=1S/C26H20/c1-2-20(25-19-9-16-23-11-4-6-18-26(23)25)12-7-13-22-15-8-14-21-10-3-5-17-24(21)22/h1,3-12,14-20H,13H2. The second-order valence-electron chi connectivity index (χ2n) is 6.48. The quantitative estimate of drug-likeness (QED) is 0.295. The number of terminal acetylenes is 1. The number of hydrogen-bond acceptors (Lipinski definition) is 0. The number of benzene rings is 4. The van der Waals surface area contributed by atoms with Gasteiger partial charge >= 0.3 is 0 Å². The summed E-state index contributed by atoms with van der Waals surface area (Å²) in [6.07, 6.45) is 11.1. The molecule has 0 saturated heterocycles. The van der Waals surface area contributed by atoms with E-state index in [0.29, 0.717) is 0 Å². The monoisotopic (exact) mass is 332 g/mol. The highest BCUT2D eigenvalue weighted by Gasteiger charge is 2.08. The molecule has 4 aromatic rings. The van der Waals surface area contributed by atoms with Crippen molar-refractivity contribution >= 4 is 21.5 Å². The van der Waals surface area contributed by atoms with Crippen LogP contribution in [-0.4, -0.2) is 0 Å². The first-order valence-electron chi connectivity index (χ1n) is 8.94. The predicted molar refractivity (Wildman–Crippen MR) is 112 cm³/mol. The summed E-state index contributed by atoms with van der Waals surface area (Å²) in [4.78, 5) is 0. The molecule has 0 nitrogen and oxygen atoms in total. The number of fused-ring (bicyclic) bond motifs is 2. The minimum absolute atomic E-state index is 0.0175. The zero-order valence-electron chi connectivity index (χ0n) is 14.6. The minimum atomic E-state index is -0.0175. The first-order chi connectivity index (χ1) is 12.9. The smallest absolute Gasteiger partial charge is 0.0636 e. The van der Waals surface area contributed by atoms with Gasteiger partial charge in [-0.15, -0.1) is 6.42 Å². The summed E-state index contributed by atoms with van der Waals surface area (Å²) in [5.41, 5.74) is 2.52. The Hall–Kier alpha value is -3.30. The molecule has 0 N–H and O–H groups in total. The summed E-state index contributed by atoms with van der Waals surface area (Å²) in [6, 6.07) is 29.7. The van der Waals surface area contributed by atoms with Gasteiger partial charge in [0.2, 0.25) is 0 Å². The van der Waals surface area contributed by atoms with Gasteiger partial charge in [0.25, 0.3) is 0 Å². The SMILES string of the molecule is C#CC(C=CCc1cccc2ccccc12)c1cccc2ccccc12. The van der Waals surface area contributed by atoms with E-state index in [2.05, 4.69) is 103 Å². The molecular weight excluding hydrogens is 312 g/mol. The lowest BCUT2D eigenvalue weighted by atomic mass is 9.93. The van der Waals surface area contributed by atoms with Crippen LogP contribution in [0.4, 0.5) is 0 Å². The van der Waals surface area contributed by atoms with Crippen LogP contribution >= 0.6 is 0 Å². The Morgan fingerprint density at radius 1 is 0.731 bits per heavy atom. The van der Waals surface area contributed by atoms with Gasteiger partial charge in [-0.1, -0.05) is 103 Å². The van der Waals surface area contributed by atoms with Crippen molar-refractivity contribution in [3.05, 3.63) is 108 Å². The molecule has 0 radical (unpaired) electrons. The van der Waals surface area contributed by atoms with Crippen molar-refractivity contribution in [2.24, 2.45) is 0 Å². The van der Waals surface area contributed by atoms with E-state index in [4.69, 9.17) is 6.42 Å².